The molecule has 8 aromatic rings. The van der Waals surface area contributed by atoms with Crippen molar-refractivity contribution in [2.24, 2.45) is 4.99 Å². The van der Waals surface area contributed by atoms with E-state index in [1.54, 1.807) is 60.7 Å². The predicted octanol–water partition coefficient (Wildman–Crippen LogP) is 11.4. The number of benzene rings is 5. The number of nitrogens with one attached hydrogen (secondary N) is 3. The minimum Gasteiger partial charge on any atom is -0.357 e. The van der Waals surface area contributed by atoms with Crippen LogP contribution in [0, 0.1) is 87.3 Å². The molecule has 5 aromatic carbocycles. The van der Waals surface area contributed by atoms with E-state index >= 15 is 52.7 Å². The molecule has 0 amide bonds. The Hall–Kier alpha value is -8.22. The van der Waals surface area contributed by atoms with Crippen LogP contribution in [0.2, 0.25) is 0 Å². The van der Waals surface area contributed by atoms with E-state index in [4.69, 9.17) is 0 Å². The summed E-state index contributed by atoms with van der Waals surface area (Å²) in [5.74, 6) is -36.5. The van der Waals surface area contributed by atoms with Gasteiger partial charge >= 0.3 is 0 Å². The highest BCUT2D eigenvalue weighted by Gasteiger charge is 2.44. The third-order valence-corrected chi connectivity index (χ3v) is 11.9. The molecule has 8 bridgehead atoms. The quantitative estimate of drug-likeness (QED) is 0.0875. The molecule has 0 saturated carbocycles. The van der Waals surface area contributed by atoms with Crippen molar-refractivity contribution in [2.45, 2.75) is 5.41 Å². The number of hydrogen-bond donors (Lipinski definition) is 3. The molecule has 0 fully saturated rings. The van der Waals surface area contributed by atoms with Crippen molar-refractivity contribution >= 4 is 22.9 Å². The highest BCUT2D eigenvalue weighted by atomic mass is 19.2. The van der Waals surface area contributed by atoms with Gasteiger partial charge in [0.25, 0.3) is 0 Å². The molecule has 3 aromatic heterocycles. The maximum absolute atomic E-state index is 16.1. The van der Waals surface area contributed by atoms with E-state index in [0.717, 1.165) is 36.5 Å². The zero-order valence-electron chi connectivity index (χ0n) is 34.0. The molecule has 10 rings (SSSR count). The fraction of sp³-hybridized carbons (Fsp3) is 0.0200. The summed E-state index contributed by atoms with van der Waals surface area (Å²) in [7, 11) is 0. The first-order chi connectivity index (χ1) is 33.0. The van der Waals surface area contributed by atoms with Crippen molar-refractivity contribution in [3.8, 4) is 0 Å². The van der Waals surface area contributed by atoms with Crippen LogP contribution in [0.3, 0.4) is 0 Å². The van der Waals surface area contributed by atoms with Crippen molar-refractivity contribution in [1.82, 2.24) is 15.0 Å². The number of allylic oxidation sites excluding steroid dienone is 3. The number of fused-ring (bicyclic) bond motifs is 7. The van der Waals surface area contributed by atoms with Crippen LogP contribution >= 0.6 is 0 Å². The van der Waals surface area contributed by atoms with Crippen molar-refractivity contribution in [1.29, 1.82) is 0 Å². The Bertz CT molecular complexity index is 3610. The van der Waals surface area contributed by atoms with Crippen LogP contribution in [-0.4, -0.2) is 21.2 Å². The van der Waals surface area contributed by atoms with Crippen molar-refractivity contribution < 1.29 is 65.9 Å². The van der Waals surface area contributed by atoms with Gasteiger partial charge in [-0.05, 0) is 53.6 Å². The smallest absolute Gasteiger partial charge is 0.200 e. The van der Waals surface area contributed by atoms with Gasteiger partial charge in [0.2, 0.25) is 17.5 Å². The zero-order valence-corrected chi connectivity index (χ0v) is 34.0. The normalized spacial score (nSPS) is 16.9. The molecule has 0 aliphatic carbocycles. The van der Waals surface area contributed by atoms with Crippen molar-refractivity contribution in [3.05, 3.63) is 263 Å². The Labute approximate surface area is 376 Å². The van der Waals surface area contributed by atoms with Gasteiger partial charge in [0, 0.05) is 62.0 Å². The summed E-state index contributed by atoms with van der Waals surface area (Å²) < 4.78 is 231. The molecular weight excluding hydrogens is 942 g/mol. The number of hydrogen-bond acceptors (Lipinski definition) is 1. The maximum Gasteiger partial charge on any atom is 0.200 e. The Kier molecular flexibility index (Phi) is 10.5. The standard InChI is InChI=1S/C50H21F15N4/c51-35-32(36(52)42(58)47(63)41(35)57)29-19-17-28(66-18-19)50(20-7-3-1-4-8-20,21-9-5-2-6-10-21)27-16-15-26(69-27)31(34-39(55)45(61)49(65)46(62)40(34)56)25-14-13-24(68-25)30(23-12-11-22(29)67-23)33-37(53)43(59)48(64)44(60)38(33)54/h1-18,67-69H/b29-19-,30-24+,31-25+. The predicted molar refractivity (Wildman–Crippen MR) is 219 cm³/mol. The van der Waals surface area contributed by atoms with Crippen LogP contribution < -0.4 is 10.7 Å². The van der Waals surface area contributed by atoms with Crippen LogP contribution in [-0.2, 0) is 5.41 Å². The molecule has 4 nitrogen and oxygen atoms in total. The second kappa shape index (κ2) is 16.2. The highest BCUT2D eigenvalue weighted by Crippen LogP contribution is 2.49. The fourth-order valence-electron chi connectivity index (χ4n) is 8.86. The Morgan fingerprint density at radius 1 is 0.333 bits per heavy atom. The molecule has 19 heteroatoms. The number of aliphatic imine (C=N–C) groups is 1. The van der Waals surface area contributed by atoms with Crippen LogP contribution in [0.25, 0.3) is 16.7 Å². The molecule has 2 aliphatic heterocycles. The average molecular weight is 963 g/mol. The fourth-order valence-corrected chi connectivity index (χ4v) is 8.86. The van der Waals surface area contributed by atoms with E-state index in [0.29, 0.717) is 11.1 Å². The molecule has 5 heterocycles. The number of aromatic amines is 3. The molecule has 69 heavy (non-hydrogen) atoms. The lowest BCUT2D eigenvalue weighted by Crippen LogP contribution is -2.31. The summed E-state index contributed by atoms with van der Waals surface area (Å²) in [6.07, 6.45) is 2.16. The van der Waals surface area contributed by atoms with E-state index in [1.807, 2.05) is 0 Å². The molecule has 0 spiro atoms. The lowest BCUT2D eigenvalue weighted by atomic mass is 9.69. The third-order valence-electron chi connectivity index (χ3n) is 11.9. The summed E-state index contributed by atoms with van der Waals surface area (Å²) in [6, 6.07) is 22.2. The molecule has 0 radical (unpaired) electrons. The topological polar surface area (TPSA) is 59.7 Å². The number of nitrogens with zero attached hydrogens (tertiary/aromatic N) is 1. The van der Waals surface area contributed by atoms with Gasteiger partial charge in [0.15, 0.2) is 69.8 Å². The van der Waals surface area contributed by atoms with Crippen molar-refractivity contribution in [3.63, 3.8) is 0 Å². The first-order valence-electron chi connectivity index (χ1n) is 20.0. The van der Waals surface area contributed by atoms with Crippen LogP contribution in [0.15, 0.2) is 119 Å². The van der Waals surface area contributed by atoms with E-state index in [-0.39, 0.29) is 11.4 Å². The number of rotatable bonds is 5. The average Bonchev–Trinajstić information content (AvgIpc) is 4.22. The Morgan fingerprint density at radius 3 is 1.10 bits per heavy atom. The third kappa shape index (κ3) is 6.46. The summed E-state index contributed by atoms with van der Waals surface area (Å²) in [5.41, 5.74) is -10.8. The lowest BCUT2D eigenvalue weighted by molar-refractivity contribution is 0.376. The van der Waals surface area contributed by atoms with Gasteiger partial charge in [-0.1, -0.05) is 60.7 Å². The summed E-state index contributed by atoms with van der Waals surface area (Å²) in [6.45, 7) is 0. The molecule has 3 N–H and O–H groups in total. The summed E-state index contributed by atoms with van der Waals surface area (Å²) >= 11 is 0. The monoisotopic (exact) mass is 962 g/mol. The van der Waals surface area contributed by atoms with E-state index in [2.05, 4.69) is 19.9 Å². The number of halogens is 15. The second-order valence-electron chi connectivity index (χ2n) is 15.5. The van der Waals surface area contributed by atoms with Gasteiger partial charge in [-0.15, -0.1) is 0 Å². The van der Waals surface area contributed by atoms with Gasteiger partial charge < -0.3 is 15.0 Å². The van der Waals surface area contributed by atoms with E-state index in [1.165, 1.54) is 12.1 Å². The molecular formula is C50H21F15N4. The Morgan fingerprint density at radius 2 is 0.681 bits per heavy atom. The van der Waals surface area contributed by atoms with Gasteiger partial charge in [0.05, 0.1) is 22.4 Å². The molecule has 0 atom stereocenters. The first-order valence-corrected chi connectivity index (χ1v) is 20.0. The maximum atomic E-state index is 16.1. The Balaban J connectivity index is 1.45. The number of H-pyrrole nitrogens is 3. The molecule has 2 aliphatic rings. The second-order valence-corrected chi connectivity index (χ2v) is 15.5. The largest absolute Gasteiger partial charge is 0.357 e. The zero-order chi connectivity index (χ0) is 49.0. The minimum atomic E-state index is -2.60. The van der Waals surface area contributed by atoms with Gasteiger partial charge in [-0.3, -0.25) is 4.99 Å². The van der Waals surface area contributed by atoms with Crippen LogP contribution in [0.1, 0.15) is 50.6 Å². The summed E-state index contributed by atoms with van der Waals surface area (Å²) in [5, 5.41) is -1.30. The highest BCUT2D eigenvalue weighted by molar-refractivity contribution is 6.02. The lowest BCUT2D eigenvalue weighted by Gasteiger charge is -2.34. The van der Waals surface area contributed by atoms with E-state index in [9.17, 15) is 13.2 Å². The van der Waals surface area contributed by atoms with Gasteiger partial charge in [-0.25, -0.2) is 65.9 Å². The summed E-state index contributed by atoms with van der Waals surface area (Å²) in [4.78, 5) is 12.7. The van der Waals surface area contributed by atoms with Gasteiger partial charge in [0.1, 0.15) is 5.41 Å². The molecule has 0 unspecified atom stereocenters. The van der Waals surface area contributed by atoms with Gasteiger partial charge in [-0.2, -0.15) is 0 Å². The minimum absolute atomic E-state index is 0.00777. The number of aromatic nitrogens is 3. The van der Waals surface area contributed by atoms with E-state index < -0.39 is 159 Å². The molecule has 0 saturated heterocycles. The SMILES string of the molecule is Fc1c(F)c(F)c(/C2=c3\cc/c([nH]3)=C(\c3c(F)c(F)c(F)c(F)c3F)c3ccc([nH]3)C(c3ccccc3)(c3ccccc3)C3=C/C(=C(/c4c(F)c(F)c(F)c(F)c4F)c4ccc2[nH]4)C=N3)c(F)c1F. The first kappa shape index (κ1) is 44.6. The van der Waals surface area contributed by atoms with Crippen molar-refractivity contribution in [2.75, 3.05) is 0 Å². The molecule has 346 valence electrons. The van der Waals surface area contributed by atoms with Crippen LogP contribution in [0.5, 0.6) is 0 Å². The van der Waals surface area contributed by atoms with Crippen LogP contribution in [0.4, 0.5) is 65.9 Å².